The topological polar surface area (TPSA) is 88.8 Å². The van der Waals surface area contributed by atoms with E-state index >= 15 is 0 Å². The van der Waals surface area contributed by atoms with Crippen molar-refractivity contribution in [3.05, 3.63) is 71.2 Å². The van der Waals surface area contributed by atoms with Crippen molar-refractivity contribution in [2.24, 2.45) is 0 Å². The highest BCUT2D eigenvalue weighted by atomic mass is 35.5. The second-order valence-electron chi connectivity index (χ2n) is 7.42. The molecule has 1 saturated heterocycles. The van der Waals surface area contributed by atoms with Crippen molar-refractivity contribution >= 4 is 55.2 Å². The number of carbonyl (C=O) groups is 1. The van der Waals surface area contributed by atoms with Crippen molar-refractivity contribution in [2.75, 3.05) is 31.6 Å². The molecule has 0 unspecified atom stereocenters. The summed E-state index contributed by atoms with van der Waals surface area (Å²) in [5.74, 6) is -0.510. The Labute approximate surface area is 189 Å². The predicted octanol–water partition coefficient (Wildman–Crippen LogP) is 4.51. The zero-order chi connectivity index (χ0) is 22.3. The lowest BCUT2D eigenvalue weighted by molar-refractivity contribution is 0.0730. The number of para-hydroxylation sites is 1. The van der Waals surface area contributed by atoms with E-state index in [4.69, 9.17) is 20.8 Å². The van der Waals surface area contributed by atoms with Crippen LogP contribution in [0.15, 0.2) is 70.0 Å². The minimum atomic E-state index is -3.75. The molecule has 1 amide bonds. The zero-order valence-electron chi connectivity index (χ0n) is 16.9. The maximum Gasteiger partial charge on any atom is 0.257 e. The fourth-order valence-electron chi connectivity index (χ4n) is 3.78. The average molecular weight is 471 g/mol. The van der Waals surface area contributed by atoms with Crippen LogP contribution in [0.1, 0.15) is 10.4 Å². The number of sulfonamides is 1. The Kier molecular flexibility index (Phi) is 5.38. The Hall–Kier alpha value is -2.91. The van der Waals surface area contributed by atoms with Crippen molar-refractivity contribution < 1.29 is 22.4 Å². The molecule has 1 aliphatic rings. The van der Waals surface area contributed by atoms with Gasteiger partial charge in [-0.15, -0.1) is 0 Å². The molecule has 7 nitrogen and oxygen atoms in total. The second-order valence-corrected chi connectivity index (χ2v) is 9.77. The summed E-state index contributed by atoms with van der Waals surface area (Å²) in [6.07, 6.45) is 0. The van der Waals surface area contributed by atoms with E-state index in [2.05, 4.69) is 5.32 Å². The summed E-state index contributed by atoms with van der Waals surface area (Å²) in [6.45, 7) is 1.21. The molecular weight excluding hydrogens is 452 g/mol. The summed E-state index contributed by atoms with van der Waals surface area (Å²) in [4.78, 5) is 13.0. The van der Waals surface area contributed by atoms with Crippen LogP contribution in [0.25, 0.3) is 21.9 Å². The molecule has 0 spiro atoms. The number of benzene rings is 3. The van der Waals surface area contributed by atoms with Gasteiger partial charge in [-0.3, -0.25) is 4.79 Å². The van der Waals surface area contributed by atoms with E-state index in [1.165, 1.54) is 22.5 Å². The number of hydrogen-bond donors (Lipinski definition) is 1. The van der Waals surface area contributed by atoms with Crippen LogP contribution in [0.5, 0.6) is 0 Å². The average Bonchev–Trinajstić information content (AvgIpc) is 3.17. The normalized spacial score (nSPS) is 15.3. The van der Waals surface area contributed by atoms with Gasteiger partial charge in [0.25, 0.3) is 5.91 Å². The van der Waals surface area contributed by atoms with Crippen LogP contribution >= 0.6 is 11.6 Å². The van der Waals surface area contributed by atoms with Gasteiger partial charge in [-0.25, -0.2) is 8.42 Å². The SMILES string of the molecule is O=C(Nc1ccc2c(c1)oc1ccccc12)c1cc(S(=O)(=O)N2CCOCC2)ccc1Cl. The molecule has 0 radical (unpaired) electrons. The standard InChI is InChI=1S/C23H19ClN2O5S/c24-20-8-6-16(32(28,29)26-9-11-30-12-10-26)14-19(20)23(27)25-15-5-7-18-17-3-1-2-4-21(17)31-22(18)13-15/h1-8,13-14H,9-12H2,(H,25,27). The highest BCUT2D eigenvalue weighted by Gasteiger charge is 2.27. The van der Waals surface area contributed by atoms with Crippen LogP contribution < -0.4 is 5.32 Å². The number of hydrogen-bond acceptors (Lipinski definition) is 5. The Morgan fingerprint density at radius 2 is 1.69 bits per heavy atom. The molecule has 0 aliphatic carbocycles. The molecule has 3 aromatic carbocycles. The third-order valence-corrected chi connectivity index (χ3v) is 7.65. The van der Waals surface area contributed by atoms with E-state index in [1.54, 1.807) is 12.1 Å². The molecule has 5 rings (SSSR count). The molecule has 1 fully saturated rings. The number of fused-ring (bicyclic) bond motifs is 3. The number of anilines is 1. The van der Waals surface area contributed by atoms with Gasteiger partial charge < -0.3 is 14.5 Å². The molecule has 1 aliphatic heterocycles. The monoisotopic (exact) mass is 470 g/mol. The van der Waals surface area contributed by atoms with Gasteiger partial charge in [0.2, 0.25) is 10.0 Å². The van der Waals surface area contributed by atoms with Gasteiger partial charge in [0.05, 0.1) is 28.7 Å². The van der Waals surface area contributed by atoms with Gasteiger partial charge >= 0.3 is 0 Å². The molecule has 1 N–H and O–H groups in total. The molecular formula is C23H19ClN2O5S. The van der Waals surface area contributed by atoms with Gasteiger partial charge in [-0.1, -0.05) is 29.8 Å². The molecule has 0 bridgehead atoms. The van der Waals surface area contributed by atoms with E-state index in [9.17, 15) is 13.2 Å². The third kappa shape index (κ3) is 3.75. The number of carbonyl (C=O) groups excluding carboxylic acids is 1. The molecule has 9 heteroatoms. The quantitative estimate of drug-likeness (QED) is 0.474. The van der Waals surface area contributed by atoms with Crippen LogP contribution in [0, 0.1) is 0 Å². The van der Waals surface area contributed by atoms with Gasteiger partial charge in [0.15, 0.2) is 0 Å². The largest absolute Gasteiger partial charge is 0.456 e. The van der Waals surface area contributed by atoms with Crippen LogP contribution in [-0.2, 0) is 14.8 Å². The first-order chi connectivity index (χ1) is 15.4. The number of rotatable bonds is 4. The van der Waals surface area contributed by atoms with E-state index < -0.39 is 15.9 Å². The smallest absolute Gasteiger partial charge is 0.257 e. The molecule has 4 aromatic rings. The molecule has 1 aromatic heterocycles. The minimum absolute atomic E-state index is 0.0155. The van der Waals surface area contributed by atoms with Gasteiger partial charge in [0, 0.05) is 35.6 Å². The second kappa shape index (κ2) is 8.22. The van der Waals surface area contributed by atoms with E-state index in [1.807, 2.05) is 30.3 Å². The predicted molar refractivity (Wildman–Crippen MR) is 123 cm³/mol. The summed E-state index contributed by atoms with van der Waals surface area (Å²) in [5.41, 5.74) is 1.98. The highest BCUT2D eigenvalue weighted by Crippen LogP contribution is 2.31. The summed E-state index contributed by atoms with van der Waals surface area (Å²) >= 11 is 6.23. The summed E-state index contributed by atoms with van der Waals surface area (Å²) in [7, 11) is -3.75. The maximum atomic E-state index is 12.9. The number of amides is 1. The Balaban J connectivity index is 1.44. The Bertz CT molecular complexity index is 1440. The number of nitrogens with zero attached hydrogens (tertiary/aromatic N) is 1. The number of furan rings is 1. The first kappa shape index (κ1) is 21.0. The molecule has 164 valence electrons. The van der Waals surface area contributed by atoms with E-state index in [0.29, 0.717) is 24.5 Å². The third-order valence-electron chi connectivity index (χ3n) is 5.43. The lowest BCUT2D eigenvalue weighted by Gasteiger charge is -2.26. The number of halogens is 1. The number of nitrogens with one attached hydrogen (secondary N) is 1. The molecule has 0 saturated carbocycles. The first-order valence-corrected chi connectivity index (χ1v) is 11.9. The van der Waals surface area contributed by atoms with Gasteiger partial charge in [-0.2, -0.15) is 4.31 Å². The summed E-state index contributed by atoms with van der Waals surface area (Å²) in [5, 5.41) is 4.87. The van der Waals surface area contributed by atoms with Crippen molar-refractivity contribution in [3.63, 3.8) is 0 Å². The zero-order valence-corrected chi connectivity index (χ0v) is 18.4. The fourth-order valence-corrected chi connectivity index (χ4v) is 5.42. The summed E-state index contributed by atoms with van der Waals surface area (Å²) < 4.78 is 38.3. The van der Waals surface area contributed by atoms with Crippen molar-refractivity contribution in [1.82, 2.24) is 4.31 Å². The molecule has 32 heavy (non-hydrogen) atoms. The van der Waals surface area contributed by atoms with Crippen molar-refractivity contribution in [1.29, 1.82) is 0 Å². The van der Waals surface area contributed by atoms with Crippen LogP contribution in [0.3, 0.4) is 0 Å². The Morgan fingerprint density at radius 3 is 2.50 bits per heavy atom. The van der Waals surface area contributed by atoms with Crippen LogP contribution in [0.4, 0.5) is 5.69 Å². The van der Waals surface area contributed by atoms with Gasteiger partial charge in [0.1, 0.15) is 11.2 Å². The summed E-state index contributed by atoms with van der Waals surface area (Å²) in [6, 6.07) is 17.2. The highest BCUT2D eigenvalue weighted by molar-refractivity contribution is 7.89. The first-order valence-electron chi connectivity index (χ1n) is 10.0. The molecule has 0 atom stereocenters. The van der Waals surface area contributed by atoms with Crippen LogP contribution in [-0.4, -0.2) is 44.9 Å². The minimum Gasteiger partial charge on any atom is -0.456 e. The van der Waals surface area contributed by atoms with E-state index in [-0.39, 0.29) is 28.6 Å². The van der Waals surface area contributed by atoms with Crippen molar-refractivity contribution in [3.8, 4) is 0 Å². The van der Waals surface area contributed by atoms with Crippen molar-refractivity contribution in [2.45, 2.75) is 4.90 Å². The molecule has 2 heterocycles. The Morgan fingerprint density at radius 1 is 0.938 bits per heavy atom. The maximum absolute atomic E-state index is 12.9. The van der Waals surface area contributed by atoms with Crippen LogP contribution in [0.2, 0.25) is 5.02 Å². The fraction of sp³-hybridized carbons (Fsp3) is 0.174. The van der Waals surface area contributed by atoms with E-state index in [0.717, 1.165) is 16.4 Å². The lowest BCUT2D eigenvalue weighted by atomic mass is 10.1. The van der Waals surface area contributed by atoms with Gasteiger partial charge in [-0.05, 0) is 36.4 Å². The number of morpholine rings is 1. The number of ether oxygens (including phenoxy) is 1. The lowest BCUT2D eigenvalue weighted by Crippen LogP contribution is -2.40.